The largest absolute Gasteiger partial charge is 0.361 e. The number of hydrogen-bond acceptors (Lipinski definition) is 5. The number of thioether (sulfide) groups is 1. The maximum atomic E-state index is 12.1. The molecule has 1 aromatic heterocycles. The second kappa shape index (κ2) is 6.78. The van der Waals surface area contributed by atoms with Gasteiger partial charge in [-0.2, -0.15) is 0 Å². The Kier molecular flexibility index (Phi) is 5.05. The average molecular weight is 297 g/mol. The molecule has 0 radical (unpaired) electrons. The van der Waals surface area contributed by atoms with Crippen LogP contribution in [0.2, 0.25) is 0 Å². The molecule has 0 spiro atoms. The normalized spacial score (nSPS) is 15.9. The molecule has 1 aromatic rings. The van der Waals surface area contributed by atoms with E-state index in [1.165, 1.54) is 0 Å². The Morgan fingerprint density at radius 3 is 2.95 bits per heavy atom. The van der Waals surface area contributed by atoms with E-state index >= 15 is 0 Å². The number of carbonyl (C=O) groups is 2. The van der Waals surface area contributed by atoms with Gasteiger partial charge in [-0.1, -0.05) is 5.16 Å². The van der Waals surface area contributed by atoms with E-state index in [0.29, 0.717) is 31.8 Å². The molecule has 0 atom stereocenters. The Morgan fingerprint density at radius 1 is 1.45 bits per heavy atom. The first-order valence-electron chi connectivity index (χ1n) is 6.62. The molecule has 1 fully saturated rings. The van der Waals surface area contributed by atoms with E-state index in [2.05, 4.69) is 10.5 Å². The van der Waals surface area contributed by atoms with E-state index in [1.54, 1.807) is 16.7 Å². The van der Waals surface area contributed by atoms with Crippen molar-refractivity contribution < 1.29 is 14.1 Å². The van der Waals surface area contributed by atoms with Crippen LogP contribution in [0.4, 0.5) is 0 Å². The summed E-state index contributed by atoms with van der Waals surface area (Å²) >= 11 is 1.55. The van der Waals surface area contributed by atoms with Gasteiger partial charge in [0.1, 0.15) is 5.76 Å². The Hall–Kier alpha value is -1.50. The molecule has 20 heavy (non-hydrogen) atoms. The fourth-order valence-electron chi connectivity index (χ4n) is 2.06. The first kappa shape index (κ1) is 14.9. The van der Waals surface area contributed by atoms with Gasteiger partial charge in [0.15, 0.2) is 0 Å². The standard InChI is InChI=1S/C13H19N3O3S/c1-9-11(10(2)19-15-9)7-20-8-13(18)16-5-3-12(17)14-4-6-16/h3-8H2,1-2H3,(H,14,17). The summed E-state index contributed by atoms with van der Waals surface area (Å²) in [5.41, 5.74) is 1.95. The smallest absolute Gasteiger partial charge is 0.232 e. The molecule has 2 rings (SSSR count). The van der Waals surface area contributed by atoms with Gasteiger partial charge in [0.05, 0.1) is 11.4 Å². The highest BCUT2D eigenvalue weighted by molar-refractivity contribution is 7.99. The maximum Gasteiger partial charge on any atom is 0.232 e. The summed E-state index contributed by atoms with van der Waals surface area (Å²) in [6, 6.07) is 0. The molecule has 6 nitrogen and oxygen atoms in total. The summed E-state index contributed by atoms with van der Waals surface area (Å²) in [6.07, 6.45) is 0.389. The molecule has 0 unspecified atom stereocenters. The molecular weight excluding hydrogens is 278 g/mol. The van der Waals surface area contributed by atoms with Crippen molar-refractivity contribution in [1.82, 2.24) is 15.4 Å². The zero-order chi connectivity index (χ0) is 14.5. The number of carbonyl (C=O) groups excluding carboxylic acids is 2. The van der Waals surface area contributed by atoms with Crippen molar-refractivity contribution in [1.29, 1.82) is 0 Å². The Bertz CT molecular complexity index is 482. The van der Waals surface area contributed by atoms with E-state index in [9.17, 15) is 9.59 Å². The van der Waals surface area contributed by atoms with Crippen LogP contribution in [0, 0.1) is 13.8 Å². The van der Waals surface area contributed by atoms with Crippen LogP contribution >= 0.6 is 11.8 Å². The number of hydrogen-bond donors (Lipinski definition) is 1. The Balaban J connectivity index is 1.79. The third-order valence-corrected chi connectivity index (χ3v) is 4.26. The van der Waals surface area contributed by atoms with Crippen molar-refractivity contribution in [3.8, 4) is 0 Å². The van der Waals surface area contributed by atoms with E-state index in [4.69, 9.17) is 4.52 Å². The highest BCUT2D eigenvalue weighted by Crippen LogP contribution is 2.19. The quantitative estimate of drug-likeness (QED) is 0.892. The van der Waals surface area contributed by atoms with Crippen LogP contribution in [0.25, 0.3) is 0 Å². The van der Waals surface area contributed by atoms with Crippen LogP contribution in [-0.2, 0) is 15.3 Å². The van der Waals surface area contributed by atoms with Gasteiger partial charge in [-0.05, 0) is 13.8 Å². The van der Waals surface area contributed by atoms with Gasteiger partial charge in [-0.3, -0.25) is 9.59 Å². The first-order valence-corrected chi connectivity index (χ1v) is 7.77. The number of aryl methyl sites for hydroxylation is 2. The molecule has 2 amide bonds. The van der Waals surface area contributed by atoms with Crippen LogP contribution in [0.5, 0.6) is 0 Å². The topological polar surface area (TPSA) is 75.4 Å². The van der Waals surface area contributed by atoms with Crippen molar-refractivity contribution in [3.05, 3.63) is 17.0 Å². The van der Waals surface area contributed by atoms with Crippen LogP contribution in [-0.4, -0.2) is 47.3 Å². The number of nitrogens with one attached hydrogen (secondary N) is 1. The van der Waals surface area contributed by atoms with Gasteiger partial charge >= 0.3 is 0 Å². The molecule has 1 aliphatic heterocycles. The minimum Gasteiger partial charge on any atom is -0.361 e. The highest BCUT2D eigenvalue weighted by atomic mass is 32.2. The van der Waals surface area contributed by atoms with Crippen molar-refractivity contribution >= 4 is 23.6 Å². The molecule has 0 bridgehead atoms. The minimum atomic E-state index is 0.0173. The monoisotopic (exact) mass is 297 g/mol. The first-order chi connectivity index (χ1) is 9.58. The Morgan fingerprint density at radius 2 is 2.25 bits per heavy atom. The third-order valence-electron chi connectivity index (χ3n) is 3.32. The zero-order valence-corrected chi connectivity index (χ0v) is 12.6. The van der Waals surface area contributed by atoms with Crippen LogP contribution in [0.15, 0.2) is 4.52 Å². The Labute approximate surface area is 122 Å². The molecule has 0 saturated carbocycles. The van der Waals surface area contributed by atoms with E-state index in [0.717, 1.165) is 22.8 Å². The summed E-state index contributed by atoms with van der Waals surface area (Å²) in [4.78, 5) is 25.1. The molecular formula is C13H19N3O3S. The van der Waals surface area contributed by atoms with Crippen molar-refractivity contribution in [2.24, 2.45) is 0 Å². The van der Waals surface area contributed by atoms with E-state index in [1.807, 2.05) is 13.8 Å². The number of rotatable bonds is 4. The molecule has 1 N–H and O–H groups in total. The van der Waals surface area contributed by atoms with Gasteiger partial charge in [0.25, 0.3) is 0 Å². The minimum absolute atomic E-state index is 0.0173. The third kappa shape index (κ3) is 3.75. The van der Waals surface area contributed by atoms with Crippen LogP contribution in [0.1, 0.15) is 23.4 Å². The molecule has 0 aliphatic carbocycles. The lowest BCUT2D eigenvalue weighted by molar-refractivity contribution is -0.128. The summed E-state index contributed by atoms with van der Waals surface area (Å²) in [5.74, 6) is 2.05. The van der Waals surface area contributed by atoms with Crippen LogP contribution in [0.3, 0.4) is 0 Å². The van der Waals surface area contributed by atoms with E-state index < -0.39 is 0 Å². The van der Waals surface area contributed by atoms with Gasteiger partial charge in [-0.15, -0.1) is 11.8 Å². The van der Waals surface area contributed by atoms with Crippen molar-refractivity contribution in [2.45, 2.75) is 26.0 Å². The SMILES string of the molecule is Cc1noc(C)c1CSCC(=O)N1CCNC(=O)CC1. The summed E-state index contributed by atoms with van der Waals surface area (Å²) < 4.78 is 5.09. The second-order valence-electron chi connectivity index (χ2n) is 4.78. The second-order valence-corrected chi connectivity index (χ2v) is 5.76. The maximum absolute atomic E-state index is 12.1. The van der Waals surface area contributed by atoms with E-state index in [-0.39, 0.29) is 11.8 Å². The van der Waals surface area contributed by atoms with Crippen molar-refractivity contribution in [3.63, 3.8) is 0 Å². The number of amides is 2. The fourth-order valence-corrected chi connectivity index (χ4v) is 3.13. The average Bonchev–Trinajstić information content (AvgIpc) is 2.63. The lowest BCUT2D eigenvalue weighted by Crippen LogP contribution is -2.35. The molecule has 1 aliphatic rings. The summed E-state index contributed by atoms with van der Waals surface area (Å²) in [7, 11) is 0. The number of aromatic nitrogens is 1. The summed E-state index contributed by atoms with van der Waals surface area (Å²) in [5, 5.41) is 6.66. The molecule has 7 heteroatoms. The van der Waals surface area contributed by atoms with Gasteiger partial charge < -0.3 is 14.7 Å². The highest BCUT2D eigenvalue weighted by Gasteiger charge is 2.18. The molecule has 2 heterocycles. The summed E-state index contributed by atoms with van der Waals surface area (Å²) in [6.45, 7) is 5.43. The van der Waals surface area contributed by atoms with Gasteiger partial charge in [0.2, 0.25) is 11.8 Å². The molecule has 110 valence electrons. The number of nitrogens with zero attached hydrogens (tertiary/aromatic N) is 2. The fraction of sp³-hybridized carbons (Fsp3) is 0.615. The van der Waals surface area contributed by atoms with Crippen LogP contribution < -0.4 is 5.32 Å². The lowest BCUT2D eigenvalue weighted by atomic mass is 10.2. The van der Waals surface area contributed by atoms with Crippen molar-refractivity contribution in [2.75, 3.05) is 25.4 Å². The predicted octanol–water partition coefficient (Wildman–Crippen LogP) is 0.873. The molecule has 1 saturated heterocycles. The van der Waals surface area contributed by atoms with Gasteiger partial charge in [-0.25, -0.2) is 0 Å². The van der Waals surface area contributed by atoms with Gasteiger partial charge in [0, 0.05) is 37.4 Å². The lowest BCUT2D eigenvalue weighted by Gasteiger charge is -2.19. The zero-order valence-electron chi connectivity index (χ0n) is 11.8. The predicted molar refractivity (Wildman–Crippen MR) is 76.3 cm³/mol. The molecule has 0 aromatic carbocycles.